The van der Waals surface area contributed by atoms with Crippen molar-refractivity contribution < 1.29 is 9.59 Å². The third kappa shape index (κ3) is 3.22. The molecule has 20 heavy (non-hydrogen) atoms. The van der Waals surface area contributed by atoms with Crippen molar-refractivity contribution in [2.24, 2.45) is 5.92 Å². The van der Waals surface area contributed by atoms with Crippen molar-refractivity contribution in [2.75, 3.05) is 20.1 Å². The van der Waals surface area contributed by atoms with Gasteiger partial charge in [-0.1, -0.05) is 23.2 Å². The maximum Gasteiger partial charge on any atom is 0.255 e. The first-order chi connectivity index (χ1) is 9.52. The monoisotopic (exact) mass is 315 g/mol. The molecule has 2 amide bonds. The number of rotatable bonds is 2. The molecule has 2 heterocycles. The summed E-state index contributed by atoms with van der Waals surface area (Å²) in [6, 6.07) is 1.52. The van der Waals surface area contributed by atoms with Crippen LogP contribution in [0.2, 0.25) is 10.2 Å². The van der Waals surface area contributed by atoms with Gasteiger partial charge in [0.25, 0.3) is 5.91 Å². The van der Waals surface area contributed by atoms with Crippen LogP contribution in [0.5, 0.6) is 0 Å². The van der Waals surface area contributed by atoms with Crippen molar-refractivity contribution in [3.8, 4) is 0 Å². The van der Waals surface area contributed by atoms with Crippen molar-refractivity contribution in [3.63, 3.8) is 0 Å². The largest absolute Gasteiger partial charge is 0.359 e. The van der Waals surface area contributed by atoms with Gasteiger partial charge in [0.05, 0.1) is 10.6 Å². The second kappa shape index (κ2) is 6.41. The van der Waals surface area contributed by atoms with E-state index < -0.39 is 0 Å². The number of carbonyl (C=O) groups is 2. The van der Waals surface area contributed by atoms with Gasteiger partial charge in [-0.05, 0) is 18.9 Å². The van der Waals surface area contributed by atoms with Crippen LogP contribution in [0, 0.1) is 5.92 Å². The highest BCUT2D eigenvalue weighted by molar-refractivity contribution is 6.41. The van der Waals surface area contributed by atoms with E-state index in [1.54, 1.807) is 11.9 Å². The van der Waals surface area contributed by atoms with E-state index >= 15 is 0 Å². The van der Waals surface area contributed by atoms with Gasteiger partial charge in [-0.2, -0.15) is 0 Å². The molecule has 0 saturated carbocycles. The molecule has 1 aliphatic rings. The molecule has 1 aromatic heterocycles. The average molecular weight is 316 g/mol. The lowest BCUT2D eigenvalue weighted by Gasteiger charge is -2.31. The Labute approximate surface area is 127 Å². The fraction of sp³-hybridized carbons (Fsp3) is 0.462. The second-order valence-electron chi connectivity index (χ2n) is 4.68. The minimum Gasteiger partial charge on any atom is -0.359 e. The van der Waals surface area contributed by atoms with Crippen LogP contribution in [0.15, 0.2) is 12.3 Å². The molecule has 0 aromatic carbocycles. The molecule has 0 spiro atoms. The topological polar surface area (TPSA) is 62.3 Å². The summed E-state index contributed by atoms with van der Waals surface area (Å²) >= 11 is 11.6. The van der Waals surface area contributed by atoms with E-state index in [1.165, 1.54) is 12.3 Å². The third-order valence-corrected chi connectivity index (χ3v) is 4.13. The number of piperidine rings is 1. The van der Waals surface area contributed by atoms with Crippen LogP contribution >= 0.6 is 23.2 Å². The zero-order valence-electron chi connectivity index (χ0n) is 11.0. The first kappa shape index (κ1) is 15.1. The quantitative estimate of drug-likeness (QED) is 0.849. The maximum atomic E-state index is 12.3. The van der Waals surface area contributed by atoms with Gasteiger partial charge >= 0.3 is 0 Å². The number of amides is 2. The van der Waals surface area contributed by atoms with Crippen LogP contribution in [-0.2, 0) is 4.79 Å². The Hall–Kier alpha value is -1.33. The summed E-state index contributed by atoms with van der Waals surface area (Å²) in [7, 11) is 1.63. The van der Waals surface area contributed by atoms with Gasteiger partial charge in [-0.15, -0.1) is 0 Å². The van der Waals surface area contributed by atoms with Gasteiger partial charge in [0.15, 0.2) is 0 Å². The first-order valence-corrected chi connectivity index (χ1v) is 7.10. The number of pyridine rings is 1. The van der Waals surface area contributed by atoms with E-state index in [2.05, 4.69) is 10.3 Å². The number of hydrogen-bond donors (Lipinski definition) is 1. The molecule has 7 heteroatoms. The number of likely N-dealkylation sites (tertiary alicyclic amines) is 1. The molecular formula is C13H15Cl2N3O2. The number of hydrogen-bond acceptors (Lipinski definition) is 3. The predicted molar refractivity (Wildman–Crippen MR) is 77.0 cm³/mol. The van der Waals surface area contributed by atoms with Crippen molar-refractivity contribution in [1.82, 2.24) is 15.2 Å². The van der Waals surface area contributed by atoms with Gasteiger partial charge in [0.1, 0.15) is 5.15 Å². The normalized spacial score (nSPS) is 16.1. The Morgan fingerprint density at radius 2 is 2.00 bits per heavy atom. The number of nitrogens with one attached hydrogen (secondary N) is 1. The standard InChI is InChI=1S/C13H15Cl2N3O2/c1-16-12(19)8-2-4-18(5-3-8)13(20)9-6-10(14)11(15)17-7-9/h6-8H,2-5H2,1H3,(H,16,19). The summed E-state index contributed by atoms with van der Waals surface area (Å²) in [4.78, 5) is 29.4. The molecule has 0 aliphatic carbocycles. The third-order valence-electron chi connectivity index (χ3n) is 3.44. The number of nitrogens with zero attached hydrogens (tertiary/aromatic N) is 2. The molecule has 1 aromatic rings. The summed E-state index contributed by atoms with van der Waals surface area (Å²) in [5, 5.41) is 3.08. The maximum absolute atomic E-state index is 12.3. The highest BCUT2D eigenvalue weighted by Crippen LogP contribution is 2.23. The molecule has 108 valence electrons. The molecule has 5 nitrogen and oxygen atoms in total. The van der Waals surface area contributed by atoms with E-state index in [4.69, 9.17) is 23.2 Å². The number of halogens is 2. The summed E-state index contributed by atoms with van der Waals surface area (Å²) in [5.41, 5.74) is 0.415. The van der Waals surface area contributed by atoms with Crippen LogP contribution < -0.4 is 5.32 Å². The molecular weight excluding hydrogens is 301 g/mol. The predicted octanol–water partition coefficient (Wildman–Crippen LogP) is 1.99. The van der Waals surface area contributed by atoms with Crippen molar-refractivity contribution >= 4 is 35.0 Å². The fourth-order valence-corrected chi connectivity index (χ4v) is 2.54. The molecule has 1 aliphatic heterocycles. The molecule has 1 N–H and O–H groups in total. The molecule has 0 atom stereocenters. The van der Waals surface area contributed by atoms with Crippen molar-refractivity contribution in [3.05, 3.63) is 28.0 Å². The minimum atomic E-state index is -0.133. The van der Waals surface area contributed by atoms with E-state index in [0.29, 0.717) is 31.5 Å². The van der Waals surface area contributed by atoms with Gasteiger partial charge in [0.2, 0.25) is 5.91 Å². The average Bonchev–Trinajstić information content (AvgIpc) is 2.48. The Morgan fingerprint density at radius 3 is 2.55 bits per heavy atom. The fourth-order valence-electron chi connectivity index (χ4n) is 2.27. The molecule has 0 bridgehead atoms. The smallest absolute Gasteiger partial charge is 0.255 e. The van der Waals surface area contributed by atoms with Gasteiger partial charge < -0.3 is 10.2 Å². The minimum absolute atomic E-state index is 0.0176. The molecule has 0 unspecified atom stereocenters. The number of carbonyl (C=O) groups excluding carboxylic acids is 2. The van der Waals surface area contributed by atoms with Gasteiger partial charge in [-0.3, -0.25) is 9.59 Å². The summed E-state index contributed by atoms with van der Waals surface area (Å²) < 4.78 is 0. The van der Waals surface area contributed by atoms with Crippen LogP contribution in [0.3, 0.4) is 0 Å². The molecule has 0 radical (unpaired) electrons. The van der Waals surface area contributed by atoms with Crippen LogP contribution in [-0.4, -0.2) is 41.8 Å². The van der Waals surface area contributed by atoms with Gasteiger partial charge in [0, 0.05) is 32.3 Å². The van der Waals surface area contributed by atoms with Crippen LogP contribution in [0.25, 0.3) is 0 Å². The van der Waals surface area contributed by atoms with Crippen LogP contribution in [0.4, 0.5) is 0 Å². The Bertz CT molecular complexity index is 528. The highest BCUT2D eigenvalue weighted by atomic mass is 35.5. The van der Waals surface area contributed by atoms with E-state index in [9.17, 15) is 9.59 Å². The molecule has 1 fully saturated rings. The lowest BCUT2D eigenvalue weighted by molar-refractivity contribution is -0.125. The summed E-state index contributed by atoms with van der Waals surface area (Å²) in [5.74, 6) is -0.115. The van der Waals surface area contributed by atoms with E-state index in [1.807, 2.05) is 0 Å². The Kier molecular flexibility index (Phi) is 4.83. The second-order valence-corrected chi connectivity index (χ2v) is 5.44. The zero-order valence-corrected chi connectivity index (χ0v) is 12.5. The summed E-state index contributed by atoms with van der Waals surface area (Å²) in [6.45, 7) is 1.11. The highest BCUT2D eigenvalue weighted by Gasteiger charge is 2.27. The first-order valence-electron chi connectivity index (χ1n) is 6.35. The summed E-state index contributed by atoms with van der Waals surface area (Å²) in [6.07, 6.45) is 2.75. The number of aromatic nitrogens is 1. The lowest BCUT2D eigenvalue weighted by Crippen LogP contribution is -2.42. The van der Waals surface area contributed by atoms with E-state index in [0.717, 1.165) is 0 Å². The van der Waals surface area contributed by atoms with E-state index in [-0.39, 0.29) is 27.9 Å². The van der Waals surface area contributed by atoms with Crippen molar-refractivity contribution in [1.29, 1.82) is 0 Å². The zero-order chi connectivity index (χ0) is 14.7. The molecule has 2 rings (SSSR count). The SMILES string of the molecule is CNC(=O)C1CCN(C(=O)c2cnc(Cl)c(Cl)c2)CC1. The molecule has 1 saturated heterocycles. The Morgan fingerprint density at radius 1 is 1.35 bits per heavy atom. The van der Waals surface area contributed by atoms with Crippen LogP contribution in [0.1, 0.15) is 23.2 Å². The lowest BCUT2D eigenvalue weighted by atomic mass is 9.95. The van der Waals surface area contributed by atoms with Crippen molar-refractivity contribution in [2.45, 2.75) is 12.8 Å². The van der Waals surface area contributed by atoms with Gasteiger partial charge in [-0.25, -0.2) is 4.98 Å². The Balaban J connectivity index is 2.01.